The molecule has 0 bridgehead atoms. The van der Waals surface area contributed by atoms with E-state index in [1.807, 2.05) is 34.1 Å². The van der Waals surface area contributed by atoms with Gasteiger partial charge in [0.15, 0.2) is 6.54 Å². The number of hydrogen-bond donors (Lipinski definition) is 1. The molecule has 0 saturated carbocycles. The number of nitrogens with zero attached hydrogens (tertiary/aromatic N) is 3. The molecule has 30 heavy (non-hydrogen) atoms. The van der Waals surface area contributed by atoms with Crippen LogP contribution in [0.25, 0.3) is 0 Å². The molecule has 4 rings (SSSR count). The zero-order chi connectivity index (χ0) is 20.9. The number of benzene rings is 2. The molecule has 2 heterocycles. The number of piperazine rings is 2. The van der Waals surface area contributed by atoms with Crippen molar-refractivity contribution in [2.75, 3.05) is 75.8 Å². The maximum Gasteiger partial charge on any atom is 0.277 e. The summed E-state index contributed by atoms with van der Waals surface area (Å²) in [5.41, 5.74) is 1.75. The summed E-state index contributed by atoms with van der Waals surface area (Å²) in [5, 5.41) is 0. The summed E-state index contributed by atoms with van der Waals surface area (Å²) in [5.74, 6) is 0.892. The van der Waals surface area contributed by atoms with Crippen molar-refractivity contribution in [1.82, 2.24) is 4.90 Å². The summed E-state index contributed by atoms with van der Waals surface area (Å²) >= 11 is 0. The van der Waals surface area contributed by atoms with Crippen molar-refractivity contribution < 1.29 is 18.8 Å². The molecular weight excluding hydrogens is 383 g/mol. The van der Waals surface area contributed by atoms with Crippen LogP contribution in [0.5, 0.6) is 5.75 Å². The lowest BCUT2D eigenvalue weighted by Crippen LogP contribution is -3.16. The van der Waals surface area contributed by atoms with E-state index in [4.69, 9.17) is 4.74 Å². The summed E-state index contributed by atoms with van der Waals surface area (Å²) in [7, 11) is 1.70. The van der Waals surface area contributed by atoms with E-state index < -0.39 is 0 Å². The van der Waals surface area contributed by atoms with Crippen molar-refractivity contribution in [2.45, 2.75) is 0 Å². The van der Waals surface area contributed by atoms with Crippen LogP contribution < -0.4 is 19.4 Å². The van der Waals surface area contributed by atoms with Crippen LogP contribution in [-0.4, -0.2) is 76.8 Å². The molecule has 0 spiro atoms. The predicted molar refractivity (Wildman–Crippen MR) is 116 cm³/mol. The Bertz CT molecular complexity index is 862. The first-order valence-electron chi connectivity index (χ1n) is 10.6. The number of carbonyl (C=O) groups excluding carboxylic acids is 1. The van der Waals surface area contributed by atoms with Crippen molar-refractivity contribution in [3.8, 4) is 5.75 Å². The van der Waals surface area contributed by atoms with E-state index in [2.05, 4.69) is 11.0 Å². The quantitative estimate of drug-likeness (QED) is 0.791. The maximum absolute atomic E-state index is 14.0. The second kappa shape index (κ2) is 9.34. The normalized spacial score (nSPS) is 17.9. The van der Waals surface area contributed by atoms with E-state index in [9.17, 15) is 9.18 Å². The van der Waals surface area contributed by atoms with Crippen LogP contribution in [0.3, 0.4) is 0 Å². The Morgan fingerprint density at radius 3 is 2.17 bits per heavy atom. The number of carbonyl (C=O) groups is 1. The van der Waals surface area contributed by atoms with Gasteiger partial charge >= 0.3 is 0 Å². The molecule has 0 aliphatic carbocycles. The van der Waals surface area contributed by atoms with Gasteiger partial charge in [0, 0.05) is 26.2 Å². The Morgan fingerprint density at radius 1 is 0.900 bits per heavy atom. The lowest BCUT2D eigenvalue weighted by Gasteiger charge is -2.38. The van der Waals surface area contributed by atoms with Gasteiger partial charge in [0.2, 0.25) is 0 Å². The monoisotopic (exact) mass is 413 g/mol. The molecule has 2 aliphatic rings. The van der Waals surface area contributed by atoms with Crippen LogP contribution in [0, 0.1) is 5.82 Å². The number of para-hydroxylation sites is 3. The maximum atomic E-state index is 14.0. The number of amides is 1. The van der Waals surface area contributed by atoms with Crippen molar-refractivity contribution in [1.29, 1.82) is 0 Å². The minimum absolute atomic E-state index is 0.198. The molecule has 160 valence electrons. The fourth-order valence-corrected chi connectivity index (χ4v) is 4.36. The Balaban J connectivity index is 1.25. The molecule has 1 N–H and O–H groups in total. The average Bonchev–Trinajstić information content (AvgIpc) is 2.80. The molecule has 0 atom stereocenters. The smallest absolute Gasteiger partial charge is 0.277 e. The minimum atomic E-state index is -0.199. The van der Waals surface area contributed by atoms with Gasteiger partial charge in [-0.1, -0.05) is 24.3 Å². The lowest BCUT2D eigenvalue weighted by molar-refractivity contribution is -0.892. The Kier molecular flexibility index (Phi) is 6.38. The molecule has 2 aromatic rings. The van der Waals surface area contributed by atoms with Crippen molar-refractivity contribution in [3.63, 3.8) is 0 Å². The zero-order valence-electron chi connectivity index (χ0n) is 17.5. The van der Waals surface area contributed by atoms with Crippen molar-refractivity contribution >= 4 is 17.3 Å². The van der Waals surface area contributed by atoms with Crippen LogP contribution in [0.4, 0.5) is 15.8 Å². The molecule has 0 radical (unpaired) electrons. The molecule has 6 nitrogen and oxygen atoms in total. The van der Waals surface area contributed by atoms with Gasteiger partial charge < -0.3 is 24.3 Å². The van der Waals surface area contributed by atoms with Gasteiger partial charge in [0.25, 0.3) is 5.91 Å². The number of halogens is 1. The summed E-state index contributed by atoms with van der Waals surface area (Å²) in [6, 6.07) is 14.9. The highest BCUT2D eigenvalue weighted by Gasteiger charge is 2.28. The largest absolute Gasteiger partial charge is 0.495 e. The third kappa shape index (κ3) is 4.51. The van der Waals surface area contributed by atoms with Crippen LogP contribution in [0.2, 0.25) is 0 Å². The highest BCUT2D eigenvalue weighted by atomic mass is 19.1. The number of rotatable bonds is 5. The second-order valence-corrected chi connectivity index (χ2v) is 7.90. The number of ether oxygens (including phenoxy) is 1. The number of nitrogens with one attached hydrogen (secondary N) is 1. The second-order valence-electron chi connectivity index (χ2n) is 7.90. The molecule has 7 heteroatoms. The third-order valence-corrected chi connectivity index (χ3v) is 6.12. The minimum Gasteiger partial charge on any atom is -0.495 e. The van der Waals surface area contributed by atoms with Gasteiger partial charge in [-0.15, -0.1) is 0 Å². The average molecular weight is 414 g/mol. The molecule has 2 aliphatic heterocycles. The number of quaternary nitrogens is 1. The van der Waals surface area contributed by atoms with Gasteiger partial charge in [0.1, 0.15) is 11.6 Å². The Hall–Kier alpha value is -2.80. The molecule has 2 aromatic carbocycles. The van der Waals surface area contributed by atoms with Crippen LogP contribution in [0.15, 0.2) is 48.5 Å². The summed E-state index contributed by atoms with van der Waals surface area (Å²) in [6.45, 7) is 6.83. The topological polar surface area (TPSA) is 40.5 Å². The summed E-state index contributed by atoms with van der Waals surface area (Å²) in [6.07, 6.45) is 0. The molecule has 1 amide bonds. The number of anilines is 2. The van der Waals surface area contributed by atoms with Gasteiger partial charge in [-0.25, -0.2) is 4.39 Å². The SMILES string of the molecule is COc1ccccc1N1CC[NH+](CC(=O)N2CCN(c3ccccc3F)CC2)CC1. The summed E-state index contributed by atoms with van der Waals surface area (Å²) in [4.78, 5) is 20.4. The van der Waals surface area contributed by atoms with Gasteiger partial charge in [0.05, 0.1) is 44.7 Å². The Morgan fingerprint density at radius 2 is 1.50 bits per heavy atom. The zero-order valence-corrected chi connectivity index (χ0v) is 17.5. The van der Waals surface area contributed by atoms with E-state index in [0.29, 0.717) is 38.4 Å². The molecule has 2 saturated heterocycles. The van der Waals surface area contributed by atoms with Crippen molar-refractivity contribution in [2.24, 2.45) is 0 Å². The highest BCUT2D eigenvalue weighted by Crippen LogP contribution is 2.27. The first-order chi connectivity index (χ1) is 14.7. The molecular formula is C23H30FN4O2+. The molecule has 0 unspecified atom stereocenters. The first kappa shape index (κ1) is 20.5. The standard InChI is InChI=1S/C23H29FN4O2/c1-30-22-9-5-4-8-21(22)27-12-10-25(11-13-27)18-23(29)28-16-14-26(15-17-28)20-7-3-2-6-19(20)24/h2-9H,10-18H2,1H3/p+1. The van der Waals surface area contributed by atoms with Crippen LogP contribution >= 0.6 is 0 Å². The lowest BCUT2D eigenvalue weighted by atomic mass is 10.2. The highest BCUT2D eigenvalue weighted by molar-refractivity contribution is 5.77. The van der Waals surface area contributed by atoms with Crippen molar-refractivity contribution in [3.05, 3.63) is 54.3 Å². The van der Waals surface area contributed by atoms with E-state index >= 15 is 0 Å². The molecule has 0 aromatic heterocycles. The fraction of sp³-hybridized carbons (Fsp3) is 0.435. The van der Waals surface area contributed by atoms with E-state index in [0.717, 1.165) is 37.6 Å². The molecule has 2 fully saturated rings. The van der Waals surface area contributed by atoms with Gasteiger partial charge in [-0.2, -0.15) is 0 Å². The van der Waals surface area contributed by atoms with Gasteiger partial charge in [-0.3, -0.25) is 4.79 Å². The van der Waals surface area contributed by atoms with Crippen LogP contribution in [0.1, 0.15) is 0 Å². The van der Waals surface area contributed by atoms with E-state index in [1.165, 1.54) is 11.0 Å². The summed E-state index contributed by atoms with van der Waals surface area (Å²) < 4.78 is 19.5. The van der Waals surface area contributed by atoms with Crippen LogP contribution in [-0.2, 0) is 4.79 Å². The first-order valence-corrected chi connectivity index (χ1v) is 10.6. The van der Waals surface area contributed by atoms with E-state index in [-0.39, 0.29) is 11.7 Å². The number of methoxy groups -OCH3 is 1. The Labute approximate surface area is 177 Å². The third-order valence-electron chi connectivity index (χ3n) is 6.12. The predicted octanol–water partition coefficient (Wildman–Crippen LogP) is 0.888. The van der Waals surface area contributed by atoms with E-state index in [1.54, 1.807) is 19.2 Å². The fourth-order valence-electron chi connectivity index (χ4n) is 4.36. The van der Waals surface area contributed by atoms with Gasteiger partial charge in [-0.05, 0) is 24.3 Å². The number of hydrogen-bond acceptors (Lipinski definition) is 4.